The third-order valence-electron chi connectivity index (χ3n) is 4.88. The number of aliphatic hydroxyl groups excluding tert-OH is 1. The van der Waals surface area contributed by atoms with Crippen molar-refractivity contribution < 1.29 is 9.90 Å². The quantitative estimate of drug-likeness (QED) is 0.814. The number of carbonyl (C=O) groups is 1. The highest BCUT2D eigenvalue weighted by molar-refractivity contribution is 5.95. The highest BCUT2D eigenvalue weighted by Crippen LogP contribution is 2.38. The van der Waals surface area contributed by atoms with Crippen LogP contribution in [0.15, 0.2) is 12.5 Å². The van der Waals surface area contributed by atoms with Crippen molar-refractivity contribution in [2.45, 2.75) is 25.9 Å². The second-order valence-corrected chi connectivity index (χ2v) is 6.01. The molecule has 2 aromatic heterocycles. The van der Waals surface area contributed by atoms with E-state index in [1.165, 1.54) is 6.33 Å². The van der Waals surface area contributed by atoms with E-state index in [2.05, 4.69) is 15.1 Å². The van der Waals surface area contributed by atoms with Crippen LogP contribution in [0.2, 0.25) is 0 Å². The van der Waals surface area contributed by atoms with E-state index in [9.17, 15) is 9.90 Å². The van der Waals surface area contributed by atoms with Gasteiger partial charge in [0.15, 0.2) is 0 Å². The zero-order chi connectivity index (χ0) is 14.6. The highest BCUT2D eigenvalue weighted by Gasteiger charge is 2.43. The van der Waals surface area contributed by atoms with Crippen LogP contribution in [0.25, 0.3) is 5.78 Å². The average molecular weight is 287 g/mol. The fourth-order valence-electron chi connectivity index (χ4n) is 3.67. The van der Waals surface area contributed by atoms with E-state index in [1.807, 2.05) is 11.8 Å². The Morgan fingerprint density at radius 2 is 2.19 bits per heavy atom. The molecule has 7 nitrogen and oxygen atoms in total. The summed E-state index contributed by atoms with van der Waals surface area (Å²) in [4.78, 5) is 22.7. The lowest BCUT2D eigenvalue weighted by atomic mass is 10.00. The number of fused-ring (bicyclic) bond motifs is 2. The molecule has 1 N–H and O–H groups in total. The smallest absolute Gasteiger partial charge is 0.257 e. The SMILES string of the molecule is Cc1c(C(=O)N2CC3CCC(O)C3C2)cnc2ncnn12. The fraction of sp³-hybridized carbons (Fsp3) is 0.571. The van der Waals surface area contributed by atoms with Crippen LogP contribution in [0.5, 0.6) is 0 Å². The Morgan fingerprint density at radius 3 is 3.00 bits per heavy atom. The number of nitrogens with zero attached hydrogens (tertiary/aromatic N) is 5. The fourth-order valence-corrected chi connectivity index (χ4v) is 3.67. The van der Waals surface area contributed by atoms with Gasteiger partial charge in [0, 0.05) is 25.2 Å². The first-order chi connectivity index (χ1) is 10.1. The zero-order valence-corrected chi connectivity index (χ0v) is 11.8. The Bertz CT molecular complexity index is 712. The number of likely N-dealkylation sites (tertiary alicyclic amines) is 1. The number of amides is 1. The van der Waals surface area contributed by atoms with Gasteiger partial charge < -0.3 is 10.0 Å². The Hall–Kier alpha value is -2.02. The maximum atomic E-state index is 12.7. The van der Waals surface area contributed by atoms with Crippen LogP contribution in [-0.4, -0.2) is 54.7 Å². The van der Waals surface area contributed by atoms with E-state index in [1.54, 1.807) is 10.7 Å². The van der Waals surface area contributed by atoms with Gasteiger partial charge in [-0.3, -0.25) is 4.79 Å². The first kappa shape index (κ1) is 12.7. The van der Waals surface area contributed by atoms with Gasteiger partial charge in [-0.25, -0.2) is 9.50 Å². The van der Waals surface area contributed by atoms with Gasteiger partial charge in [0.25, 0.3) is 11.7 Å². The van der Waals surface area contributed by atoms with Gasteiger partial charge >= 0.3 is 0 Å². The largest absolute Gasteiger partial charge is 0.393 e. The summed E-state index contributed by atoms with van der Waals surface area (Å²) in [7, 11) is 0. The van der Waals surface area contributed by atoms with Crippen LogP contribution in [0.3, 0.4) is 0 Å². The van der Waals surface area contributed by atoms with E-state index in [-0.39, 0.29) is 17.9 Å². The minimum absolute atomic E-state index is 0.0287. The van der Waals surface area contributed by atoms with Gasteiger partial charge in [-0.2, -0.15) is 10.1 Å². The molecular weight excluding hydrogens is 270 g/mol. The lowest BCUT2D eigenvalue weighted by Crippen LogP contribution is -2.32. The lowest BCUT2D eigenvalue weighted by Gasteiger charge is -2.19. The van der Waals surface area contributed by atoms with Gasteiger partial charge in [0.2, 0.25) is 0 Å². The van der Waals surface area contributed by atoms with Crippen LogP contribution in [0, 0.1) is 18.8 Å². The molecule has 1 saturated heterocycles. The van der Waals surface area contributed by atoms with Gasteiger partial charge in [-0.1, -0.05) is 0 Å². The van der Waals surface area contributed by atoms with Gasteiger partial charge in [-0.05, 0) is 25.7 Å². The molecule has 110 valence electrons. The molecule has 0 radical (unpaired) electrons. The van der Waals surface area contributed by atoms with Crippen molar-refractivity contribution in [3.05, 3.63) is 23.8 Å². The van der Waals surface area contributed by atoms with E-state index >= 15 is 0 Å². The third-order valence-corrected chi connectivity index (χ3v) is 4.88. The van der Waals surface area contributed by atoms with E-state index in [0.717, 1.165) is 25.1 Å². The first-order valence-corrected chi connectivity index (χ1v) is 7.28. The van der Waals surface area contributed by atoms with Crippen LogP contribution >= 0.6 is 0 Å². The lowest BCUT2D eigenvalue weighted by molar-refractivity contribution is 0.0750. The topological polar surface area (TPSA) is 83.6 Å². The molecule has 1 amide bonds. The van der Waals surface area contributed by atoms with Crippen molar-refractivity contribution >= 4 is 11.7 Å². The molecule has 2 aliphatic rings. The molecule has 21 heavy (non-hydrogen) atoms. The highest BCUT2D eigenvalue weighted by atomic mass is 16.3. The summed E-state index contributed by atoms with van der Waals surface area (Å²) in [6.45, 7) is 3.22. The zero-order valence-electron chi connectivity index (χ0n) is 11.8. The Labute approximate surface area is 121 Å². The molecule has 1 aliphatic carbocycles. The van der Waals surface area contributed by atoms with Crippen molar-refractivity contribution in [3.8, 4) is 0 Å². The molecule has 7 heteroatoms. The van der Waals surface area contributed by atoms with E-state index in [4.69, 9.17) is 0 Å². The molecule has 4 rings (SSSR count). The third kappa shape index (κ3) is 1.84. The molecule has 3 atom stereocenters. The maximum Gasteiger partial charge on any atom is 0.257 e. The minimum atomic E-state index is -0.259. The number of hydrogen-bond donors (Lipinski definition) is 1. The molecule has 0 aromatic carbocycles. The molecule has 1 saturated carbocycles. The van der Waals surface area contributed by atoms with E-state index < -0.39 is 0 Å². The number of hydrogen-bond acceptors (Lipinski definition) is 5. The van der Waals surface area contributed by atoms with Crippen molar-refractivity contribution in [2.24, 2.45) is 11.8 Å². The molecule has 3 unspecified atom stereocenters. The monoisotopic (exact) mass is 287 g/mol. The molecule has 2 fully saturated rings. The summed E-state index contributed by atoms with van der Waals surface area (Å²) >= 11 is 0. The van der Waals surface area contributed by atoms with Gasteiger partial charge in [0.1, 0.15) is 6.33 Å². The van der Waals surface area contributed by atoms with Gasteiger partial charge in [0.05, 0.1) is 17.4 Å². The molecule has 2 aromatic rings. The predicted octanol–water partition coefficient (Wildman–Crippen LogP) is 0.276. The normalized spacial score (nSPS) is 28.3. The number of carbonyl (C=O) groups excluding carboxylic acids is 1. The van der Waals surface area contributed by atoms with Crippen LogP contribution in [0.4, 0.5) is 0 Å². The van der Waals surface area contributed by atoms with Crippen molar-refractivity contribution in [1.29, 1.82) is 0 Å². The Kier molecular flexibility index (Phi) is 2.72. The minimum Gasteiger partial charge on any atom is -0.393 e. The predicted molar refractivity (Wildman–Crippen MR) is 73.6 cm³/mol. The van der Waals surface area contributed by atoms with Crippen molar-refractivity contribution in [3.63, 3.8) is 0 Å². The summed E-state index contributed by atoms with van der Waals surface area (Å²) < 4.78 is 1.58. The van der Waals surface area contributed by atoms with Crippen LogP contribution in [0.1, 0.15) is 28.9 Å². The van der Waals surface area contributed by atoms with Crippen molar-refractivity contribution in [2.75, 3.05) is 13.1 Å². The summed E-state index contributed by atoms with van der Waals surface area (Å²) in [5.41, 5.74) is 1.31. The van der Waals surface area contributed by atoms with E-state index in [0.29, 0.717) is 23.8 Å². The van der Waals surface area contributed by atoms with Crippen LogP contribution < -0.4 is 0 Å². The second kappa shape index (κ2) is 4.49. The molecular formula is C14H17N5O2. The number of rotatable bonds is 1. The van der Waals surface area contributed by atoms with Crippen molar-refractivity contribution in [1.82, 2.24) is 24.5 Å². The Morgan fingerprint density at radius 1 is 1.33 bits per heavy atom. The average Bonchev–Trinajstić information content (AvgIpc) is 3.16. The number of aryl methyl sites for hydroxylation is 1. The molecule has 1 aliphatic heterocycles. The summed E-state index contributed by atoms with van der Waals surface area (Å²) in [5, 5.41) is 14.1. The summed E-state index contributed by atoms with van der Waals surface area (Å²) in [5.74, 6) is 1.14. The maximum absolute atomic E-state index is 12.7. The molecule has 0 spiro atoms. The summed E-state index contributed by atoms with van der Waals surface area (Å²) in [6, 6.07) is 0. The first-order valence-electron chi connectivity index (χ1n) is 7.28. The molecule has 0 bridgehead atoms. The molecule has 3 heterocycles. The van der Waals surface area contributed by atoms with Crippen LogP contribution in [-0.2, 0) is 0 Å². The standard InChI is InChI=1S/C14H17N5O2/c1-8-10(4-15-14-16-7-17-19(8)14)13(21)18-5-9-2-3-12(20)11(9)6-18/h4,7,9,11-12,20H,2-3,5-6H2,1H3. The number of aromatic nitrogens is 4. The second-order valence-electron chi connectivity index (χ2n) is 6.01. The Balaban J connectivity index is 1.63. The number of aliphatic hydroxyl groups is 1. The van der Waals surface area contributed by atoms with Gasteiger partial charge in [-0.15, -0.1) is 0 Å². The summed E-state index contributed by atoms with van der Waals surface area (Å²) in [6.07, 6.45) is 4.62.